The van der Waals surface area contributed by atoms with E-state index in [1.165, 1.54) is 6.08 Å². The molecule has 1 aromatic carbocycles. The first-order valence-corrected chi connectivity index (χ1v) is 5.49. The van der Waals surface area contributed by atoms with Crippen LogP contribution in [0.15, 0.2) is 36.4 Å². The molecule has 1 rings (SSSR count). The Bertz CT molecular complexity index is 422. The Morgan fingerprint density at radius 1 is 1.12 bits per heavy atom. The van der Waals surface area contributed by atoms with Gasteiger partial charge in [-0.3, -0.25) is 9.59 Å². The fourth-order valence-corrected chi connectivity index (χ4v) is 1.22. The van der Waals surface area contributed by atoms with E-state index in [9.17, 15) is 9.59 Å². The van der Waals surface area contributed by atoms with Gasteiger partial charge in [-0.15, -0.1) is 0 Å². The number of nitrogens with one attached hydrogen (secondary N) is 2. The molecule has 0 unspecified atom stereocenters. The van der Waals surface area contributed by atoms with Crippen LogP contribution < -0.4 is 10.6 Å². The van der Waals surface area contributed by atoms with Crippen molar-refractivity contribution in [1.29, 1.82) is 0 Å². The van der Waals surface area contributed by atoms with Crippen LogP contribution in [-0.4, -0.2) is 11.8 Å². The number of hydrogen-bond donors (Lipinski definition) is 2. The van der Waals surface area contributed by atoms with E-state index in [-0.39, 0.29) is 11.8 Å². The molecular formula is C13H16N2O2. The van der Waals surface area contributed by atoms with E-state index in [4.69, 9.17) is 0 Å². The van der Waals surface area contributed by atoms with Gasteiger partial charge in [-0.2, -0.15) is 0 Å². The third-order valence-corrected chi connectivity index (χ3v) is 2.08. The predicted molar refractivity (Wildman–Crippen MR) is 68.8 cm³/mol. The quantitative estimate of drug-likeness (QED) is 0.784. The van der Waals surface area contributed by atoms with Crippen molar-refractivity contribution in [3.8, 4) is 0 Å². The molecule has 2 amide bonds. The lowest BCUT2D eigenvalue weighted by atomic mass is 10.2. The van der Waals surface area contributed by atoms with Crippen LogP contribution in [0.2, 0.25) is 0 Å². The second kappa shape index (κ2) is 6.48. The molecule has 4 heteroatoms. The average molecular weight is 232 g/mol. The lowest BCUT2D eigenvalue weighted by molar-refractivity contribution is -0.116. The van der Waals surface area contributed by atoms with Gasteiger partial charge in [0.25, 0.3) is 0 Å². The summed E-state index contributed by atoms with van der Waals surface area (Å²) in [4.78, 5) is 22.4. The SMILES string of the molecule is CC=CC(=O)Nc1ccc(NC(=O)CC)cc1. The van der Waals surface area contributed by atoms with Gasteiger partial charge in [0.1, 0.15) is 0 Å². The fourth-order valence-electron chi connectivity index (χ4n) is 1.22. The lowest BCUT2D eigenvalue weighted by Gasteiger charge is -2.05. The van der Waals surface area contributed by atoms with Crippen molar-refractivity contribution in [3.05, 3.63) is 36.4 Å². The zero-order chi connectivity index (χ0) is 12.7. The van der Waals surface area contributed by atoms with Gasteiger partial charge in [0.15, 0.2) is 0 Å². The summed E-state index contributed by atoms with van der Waals surface area (Å²) in [5, 5.41) is 5.43. The Morgan fingerprint density at radius 2 is 1.65 bits per heavy atom. The Morgan fingerprint density at radius 3 is 2.12 bits per heavy atom. The van der Waals surface area contributed by atoms with E-state index in [1.54, 1.807) is 44.2 Å². The highest BCUT2D eigenvalue weighted by Gasteiger charge is 2.00. The molecule has 90 valence electrons. The minimum absolute atomic E-state index is 0.0318. The van der Waals surface area contributed by atoms with Crippen molar-refractivity contribution < 1.29 is 9.59 Å². The zero-order valence-corrected chi connectivity index (χ0v) is 9.99. The Kier molecular flexibility index (Phi) is 4.94. The van der Waals surface area contributed by atoms with Crippen molar-refractivity contribution in [2.75, 3.05) is 10.6 Å². The molecule has 0 aliphatic rings. The first-order chi connectivity index (χ1) is 8.15. The molecule has 0 aromatic heterocycles. The fraction of sp³-hybridized carbons (Fsp3) is 0.231. The standard InChI is InChI=1S/C13H16N2O2/c1-3-5-13(17)15-11-8-6-10(7-9-11)14-12(16)4-2/h3,5-9H,4H2,1-2H3,(H,14,16)(H,15,17). The molecule has 0 radical (unpaired) electrons. The second-order valence-corrected chi connectivity index (χ2v) is 3.47. The van der Waals surface area contributed by atoms with Gasteiger partial charge in [-0.05, 0) is 37.3 Å². The second-order valence-electron chi connectivity index (χ2n) is 3.47. The molecule has 0 aliphatic heterocycles. The normalized spacial score (nSPS) is 10.2. The lowest BCUT2D eigenvalue weighted by Crippen LogP contribution is -2.10. The Hall–Kier alpha value is -2.10. The summed E-state index contributed by atoms with van der Waals surface area (Å²) in [6, 6.07) is 6.98. The number of anilines is 2. The molecule has 0 fully saturated rings. The van der Waals surface area contributed by atoms with Gasteiger partial charge in [0.2, 0.25) is 11.8 Å². The van der Waals surface area contributed by atoms with Crippen molar-refractivity contribution >= 4 is 23.2 Å². The minimum Gasteiger partial charge on any atom is -0.326 e. The summed E-state index contributed by atoms with van der Waals surface area (Å²) in [5.41, 5.74) is 1.42. The van der Waals surface area contributed by atoms with E-state index in [1.807, 2.05) is 0 Å². The van der Waals surface area contributed by atoms with Crippen LogP contribution >= 0.6 is 0 Å². The molecular weight excluding hydrogens is 216 g/mol. The smallest absolute Gasteiger partial charge is 0.248 e. The van der Waals surface area contributed by atoms with Crippen LogP contribution in [0.25, 0.3) is 0 Å². The molecule has 0 aliphatic carbocycles. The van der Waals surface area contributed by atoms with E-state index in [2.05, 4.69) is 10.6 Å². The summed E-state index contributed by atoms with van der Waals surface area (Å²) >= 11 is 0. The monoisotopic (exact) mass is 232 g/mol. The van der Waals surface area contributed by atoms with Gasteiger partial charge < -0.3 is 10.6 Å². The van der Waals surface area contributed by atoms with Gasteiger partial charge >= 0.3 is 0 Å². The largest absolute Gasteiger partial charge is 0.326 e. The summed E-state index contributed by atoms with van der Waals surface area (Å²) in [7, 11) is 0. The maximum absolute atomic E-state index is 11.3. The van der Waals surface area contributed by atoms with Crippen LogP contribution in [0.5, 0.6) is 0 Å². The van der Waals surface area contributed by atoms with Gasteiger partial charge in [-0.1, -0.05) is 13.0 Å². The van der Waals surface area contributed by atoms with Crippen molar-refractivity contribution in [3.63, 3.8) is 0 Å². The third-order valence-electron chi connectivity index (χ3n) is 2.08. The number of rotatable bonds is 4. The molecule has 0 atom stereocenters. The van der Waals surface area contributed by atoms with E-state index < -0.39 is 0 Å². The number of carbonyl (C=O) groups excluding carboxylic acids is 2. The maximum atomic E-state index is 11.3. The highest BCUT2D eigenvalue weighted by molar-refractivity contribution is 5.99. The van der Waals surface area contributed by atoms with Gasteiger partial charge in [0.05, 0.1) is 0 Å². The van der Waals surface area contributed by atoms with Gasteiger partial charge in [-0.25, -0.2) is 0 Å². The topological polar surface area (TPSA) is 58.2 Å². The first-order valence-electron chi connectivity index (χ1n) is 5.49. The summed E-state index contributed by atoms with van der Waals surface area (Å²) < 4.78 is 0. The summed E-state index contributed by atoms with van der Waals surface area (Å²) in [5.74, 6) is -0.200. The van der Waals surface area contributed by atoms with E-state index >= 15 is 0 Å². The van der Waals surface area contributed by atoms with Crippen molar-refractivity contribution in [2.45, 2.75) is 20.3 Å². The van der Waals surface area contributed by atoms with E-state index in [0.717, 1.165) is 5.69 Å². The highest BCUT2D eigenvalue weighted by Crippen LogP contribution is 2.13. The highest BCUT2D eigenvalue weighted by atomic mass is 16.2. The van der Waals surface area contributed by atoms with Crippen molar-refractivity contribution in [1.82, 2.24) is 0 Å². The van der Waals surface area contributed by atoms with Gasteiger partial charge in [0, 0.05) is 17.8 Å². The Labute approximate surface area is 101 Å². The number of hydrogen-bond acceptors (Lipinski definition) is 2. The molecule has 0 saturated heterocycles. The number of amides is 2. The molecule has 0 saturated carbocycles. The summed E-state index contributed by atoms with van der Waals surface area (Å²) in [6.45, 7) is 3.57. The first kappa shape index (κ1) is 13.0. The maximum Gasteiger partial charge on any atom is 0.248 e. The van der Waals surface area contributed by atoms with Crippen LogP contribution in [0.3, 0.4) is 0 Å². The van der Waals surface area contributed by atoms with Crippen LogP contribution in [0.1, 0.15) is 20.3 Å². The van der Waals surface area contributed by atoms with E-state index in [0.29, 0.717) is 12.1 Å². The van der Waals surface area contributed by atoms with Crippen LogP contribution in [-0.2, 0) is 9.59 Å². The molecule has 4 nitrogen and oxygen atoms in total. The number of benzene rings is 1. The number of allylic oxidation sites excluding steroid dienone is 1. The molecule has 0 spiro atoms. The molecule has 1 aromatic rings. The molecule has 17 heavy (non-hydrogen) atoms. The molecule has 2 N–H and O–H groups in total. The Balaban J connectivity index is 2.61. The number of carbonyl (C=O) groups is 2. The van der Waals surface area contributed by atoms with Crippen LogP contribution in [0.4, 0.5) is 11.4 Å². The summed E-state index contributed by atoms with van der Waals surface area (Å²) in [6.07, 6.45) is 3.57. The average Bonchev–Trinajstić information content (AvgIpc) is 2.32. The molecule has 0 heterocycles. The predicted octanol–water partition coefficient (Wildman–Crippen LogP) is 2.55. The third kappa shape index (κ3) is 4.51. The van der Waals surface area contributed by atoms with Crippen LogP contribution in [0, 0.1) is 0 Å². The minimum atomic E-state index is -0.169. The molecule has 0 bridgehead atoms. The van der Waals surface area contributed by atoms with Crippen molar-refractivity contribution in [2.24, 2.45) is 0 Å². The zero-order valence-electron chi connectivity index (χ0n) is 9.99.